The molecule has 4 aromatic rings. The van der Waals surface area contributed by atoms with Crippen molar-refractivity contribution in [2.24, 2.45) is 70.3 Å². The summed E-state index contributed by atoms with van der Waals surface area (Å²) in [6.45, 7) is 9.75. The first-order chi connectivity index (χ1) is 37.8. The summed E-state index contributed by atoms with van der Waals surface area (Å²) in [5.41, 5.74) is 11.3. The monoisotopic (exact) mass is 1060 g/mol. The smallest absolute Gasteiger partial charge is 0.160 e. The lowest BCUT2D eigenvalue weighted by Crippen LogP contribution is -2.67. The molecule has 0 unspecified atom stereocenters. The number of aryl methyl sites for hydroxylation is 1. The van der Waals surface area contributed by atoms with Crippen LogP contribution in [0.25, 0.3) is 10.8 Å². The third-order valence-electron chi connectivity index (χ3n) is 21.3. The van der Waals surface area contributed by atoms with Gasteiger partial charge < -0.3 is 51.8 Å². The van der Waals surface area contributed by atoms with Crippen LogP contribution in [0, 0.1) is 76.4 Å². The Labute approximate surface area is 460 Å². The zero-order chi connectivity index (χ0) is 54.1. The van der Waals surface area contributed by atoms with Gasteiger partial charge in [0.2, 0.25) is 0 Å². The number of benzene rings is 3. The third kappa shape index (κ3) is 9.21. The predicted octanol–water partition coefficient (Wildman–Crippen LogP) is 8.47. The number of Topliss-reactive ketones (excluding diaryl/α,β-unsaturated/α-hetero) is 2. The van der Waals surface area contributed by atoms with Crippen LogP contribution < -0.4 is 26.4 Å². The van der Waals surface area contributed by atoms with Crippen LogP contribution in [0.15, 0.2) is 90.4 Å². The lowest BCUT2D eigenvalue weighted by atomic mass is 9.40. The second-order valence-corrected chi connectivity index (χ2v) is 25.5. The molecule has 6 aliphatic carbocycles. The van der Waals surface area contributed by atoms with Crippen LogP contribution in [0.4, 0.5) is 0 Å². The molecule has 0 bridgehead atoms. The number of fused-ring (bicyclic) bond motifs is 9. The molecule has 10 N–H and O–H groups in total. The van der Waals surface area contributed by atoms with Crippen molar-refractivity contribution in [1.29, 1.82) is 0 Å². The Morgan fingerprint density at radius 2 is 1.72 bits per heavy atom. The Morgan fingerprint density at radius 3 is 2.51 bits per heavy atom. The number of phenols is 1. The maximum atomic E-state index is 15.3. The molecule has 1 spiro atoms. The van der Waals surface area contributed by atoms with E-state index in [1.54, 1.807) is 12.1 Å². The molecular weight excluding hydrogens is 975 g/mol. The summed E-state index contributed by atoms with van der Waals surface area (Å²) in [5.74, 6) is 10.2. The summed E-state index contributed by atoms with van der Waals surface area (Å²) in [5, 5.41) is 63.6. The third-order valence-corrected chi connectivity index (χ3v) is 21.3. The summed E-state index contributed by atoms with van der Waals surface area (Å²) in [4.78, 5) is 32.3. The first-order valence-electron chi connectivity index (χ1n) is 29.8. The van der Waals surface area contributed by atoms with Crippen molar-refractivity contribution in [2.45, 2.75) is 139 Å². The number of aromatic nitrogens is 1. The van der Waals surface area contributed by atoms with Gasteiger partial charge in [0.05, 0.1) is 31.2 Å². The highest BCUT2D eigenvalue weighted by Gasteiger charge is 2.65. The largest absolute Gasteiger partial charge is 0.504 e. The molecule has 0 amide bonds. The molecule has 3 heterocycles. The van der Waals surface area contributed by atoms with E-state index in [1.807, 2.05) is 18.2 Å². The fraction of sp³-hybridized carbons (Fsp3) is 0.576. The molecule has 3 aromatic carbocycles. The second-order valence-electron chi connectivity index (χ2n) is 25.5. The van der Waals surface area contributed by atoms with Gasteiger partial charge in [-0.15, -0.1) is 0 Å². The first-order valence-corrected chi connectivity index (χ1v) is 29.8. The Kier molecular flexibility index (Phi) is 14.7. The molecule has 12 heteroatoms. The van der Waals surface area contributed by atoms with E-state index in [2.05, 4.69) is 102 Å². The number of aromatic hydroxyl groups is 1. The van der Waals surface area contributed by atoms with Crippen molar-refractivity contribution < 1.29 is 34.8 Å². The molecule has 2 aliphatic heterocycles. The minimum Gasteiger partial charge on any atom is -0.504 e. The number of nitrogens with one attached hydrogen (secondary N) is 4. The number of carbonyl (C=O) groups excluding carboxylic acids is 2. The molecule has 414 valence electrons. The number of ketones is 2. The molecule has 4 saturated carbocycles. The van der Waals surface area contributed by atoms with Crippen LogP contribution in [-0.2, 0) is 16.0 Å². The first kappa shape index (κ1) is 53.2. The summed E-state index contributed by atoms with van der Waals surface area (Å²) in [7, 11) is 1.51. The van der Waals surface area contributed by atoms with Crippen molar-refractivity contribution in [3.63, 3.8) is 0 Å². The molecule has 8 aliphatic rings. The Morgan fingerprint density at radius 1 is 0.910 bits per heavy atom. The molecule has 78 heavy (non-hydrogen) atoms. The number of methoxy groups -OCH3 is 1. The number of hydrogen-bond acceptors (Lipinski definition) is 11. The van der Waals surface area contributed by atoms with Crippen LogP contribution in [0.5, 0.6) is 11.5 Å². The number of ether oxygens (including phenoxy) is 1. The number of aliphatic hydroxyl groups excluding tert-OH is 3. The van der Waals surface area contributed by atoms with Gasteiger partial charge in [0.1, 0.15) is 11.2 Å². The van der Waals surface area contributed by atoms with Gasteiger partial charge >= 0.3 is 0 Å². The number of aromatic amines is 1. The molecule has 1 aromatic heterocycles. The lowest BCUT2D eigenvalue weighted by molar-refractivity contribution is -0.165. The Hall–Kier alpha value is -5.42. The number of dihydropyridines is 1. The molecule has 1 saturated heterocycles. The summed E-state index contributed by atoms with van der Waals surface area (Å²) >= 11 is 0. The Balaban J connectivity index is 0.890. The van der Waals surface area contributed by atoms with Crippen molar-refractivity contribution in [3.05, 3.63) is 118 Å². The maximum absolute atomic E-state index is 15.3. The fourth-order valence-corrected chi connectivity index (χ4v) is 18.0. The van der Waals surface area contributed by atoms with Crippen LogP contribution in [0.3, 0.4) is 0 Å². The standard InChI is InChI=1S/C66H83N5O7/c1-5-68-33-51-59-43(50-34-71-52-31-42(72)30-49-45-21-25-70-63(45)62(51)61(50)60(49)52)15-16-46-44(59)19-23-66(65(46)77)22-18-39(48-32-53(73)55(78-4)28-38(48)13-17-56(66)75)27-54(74)64(76)47(14-10-35(2)3)58(41-20-24-69-57(67)29-41)40-12-11-36-8-6-7-9-37(36)26-40/h6-9,11-12,20-21,25-26,28-29,32,35,39,43-44,46-47,49-52,54,58-62,64-65,68-71,73-74,76-77H,5,10,13-17,19,23-24,27,30-31,33-34,67H2,1-4H3/t39-,43-,44+,46-,47-,49-,50-,51-,52+,54+,58+,59-,60-,61+,62-,64-,65-,66+/m1/s1. The van der Waals surface area contributed by atoms with E-state index in [0.717, 1.165) is 72.8 Å². The maximum Gasteiger partial charge on any atom is 0.160 e. The number of rotatable bonds is 14. The van der Waals surface area contributed by atoms with E-state index in [-0.39, 0.29) is 59.8 Å². The molecule has 12 rings (SSSR count). The number of phenolic OH excluding ortho intramolecular Hbond substituents is 1. The summed E-state index contributed by atoms with van der Waals surface area (Å²) in [6.07, 6.45) is 8.97. The van der Waals surface area contributed by atoms with E-state index in [4.69, 9.17) is 10.5 Å². The number of aliphatic hydroxyl groups is 3. The quantitative estimate of drug-likeness (QED) is 0.0549. The van der Waals surface area contributed by atoms with Crippen LogP contribution in [0.2, 0.25) is 0 Å². The van der Waals surface area contributed by atoms with Gasteiger partial charge in [-0.2, -0.15) is 0 Å². The number of piperidine rings is 1. The number of carbonyl (C=O) groups is 2. The minimum atomic E-state index is -1.33. The van der Waals surface area contributed by atoms with Gasteiger partial charge in [0.15, 0.2) is 17.3 Å². The second kappa shape index (κ2) is 21.6. The minimum absolute atomic E-state index is 0.0337. The van der Waals surface area contributed by atoms with E-state index >= 15 is 4.79 Å². The van der Waals surface area contributed by atoms with Crippen molar-refractivity contribution in [1.82, 2.24) is 20.9 Å². The number of hydrogen-bond donors (Lipinski definition) is 9. The van der Waals surface area contributed by atoms with E-state index in [0.29, 0.717) is 103 Å². The Bertz CT molecular complexity index is 3040. The van der Waals surface area contributed by atoms with Crippen molar-refractivity contribution in [3.8, 4) is 23.3 Å². The highest BCUT2D eigenvalue weighted by molar-refractivity contribution is 5.89. The summed E-state index contributed by atoms with van der Waals surface area (Å²) in [6, 6.07) is 20.7. The summed E-state index contributed by atoms with van der Waals surface area (Å²) < 4.78 is 5.64. The molecule has 12 nitrogen and oxygen atoms in total. The van der Waals surface area contributed by atoms with Crippen LogP contribution >= 0.6 is 0 Å². The highest BCUT2D eigenvalue weighted by atomic mass is 16.5. The van der Waals surface area contributed by atoms with Gasteiger partial charge in [-0.1, -0.05) is 87.6 Å². The normalized spacial score (nSPS) is 34.3. The molecular formula is C66H83N5O7. The van der Waals surface area contributed by atoms with Crippen molar-refractivity contribution in [2.75, 3.05) is 33.3 Å². The van der Waals surface area contributed by atoms with Gasteiger partial charge in [-0.05, 0) is 193 Å². The average Bonchev–Trinajstić information content (AvgIpc) is 4.11. The lowest BCUT2D eigenvalue weighted by Gasteiger charge is -2.66. The zero-order valence-corrected chi connectivity index (χ0v) is 46.1. The highest BCUT2D eigenvalue weighted by Crippen LogP contribution is 2.68. The van der Waals surface area contributed by atoms with E-state index in [9.17, 15) is 25.2 Å². The average molecular weight is 1060 g/mol. The topological polar surface area (TPSA) is 202 Å². The molecule has 5 fully saturated rings. The number of allylic oxidation sites excluding steroid dienone is 2. The van der Waals surface area contributed by atoms with E-state index in [1.165, 1.54) is 18.4 Å². The van der Waals surface area contributed by atoms with E-state index < -0.39 is 35.6 Å². The van der Waals surface area contributed by atoms with Crippen molar-refractivity contribution >= 4 is 22.3 Å². The van der Waals surface area contributed by atoms with Gasteiger partial charge in [-0.25, -0.2) is 0 Å². The van der Waals surface area contributed by atoms with Gasteiger partial charge in [0, 0.05) is 61.5 Å². The predicted molar refractivity (Wildman–Crippen MR) is 303 cm³/mol. The van der Waals surface area contributed by atoms with Crippen LogP contribution in [-0.4, -0.2) is 94.6 Å². The number of nitrogens with two attached hydrogens (primary N) is 1. The van der Waals surface area contributed by atoms with Crippen LogP contribution in [0.1, 0.15) is 137 Å². The van der Waals surface area contributed by atoms with Gasteiger partial charge in [-0.3, -0.25) is 9.59 Å². The molecule has 18 atom stereocenters. The fourth-order valence-electron chi connectivity index (χ4n) is 18.0. The molecule has 0 radical (unpaired) electrons. The van der Waals surface area contributed by atoms with Gasteiger partial charge in [0.25, 0.3) is 0 Å². The number of H-pyrrole nitrogens is 1. The zero-order valence-electron chi connectivity index (χ0n) is 46.1. The SMILES string of the molecule is CCNC[C@H]1[C@H]2c3[nH]ccc3[C@H]3CC(=O)C[C@@H]4NC[C@H]([C@H]5CC[C@@H]6[C@H](CC[C@]7(C#C[C@H](C[C@H](O)[C@H](O)[C@H](CCC(C)C)[C@H](C8=CCNC(N)=C8)c8ccc9ccccc9c8)c8cc(O)c(OC)cc8CCC7=O)[C@@H]6O)[C@@H]51)[C@H]2[C@@H]43.